The highest BCUT2D eigenvalue weighted by molar-refractivity contribution is 7.80. The molecular formula is C15H15FN2S. The van der Waals surface area contributed by atoms with Crippen molar-refractivity contribution in [2.24, 2.45) is 0 Å². The standard InChI is InChI=1S/C15H15FN2S/c1-18(11-12-5-3-2-4-6-12)15(19)17-14-9-7-13(16)8-10-14/h2-10H,11H2,1H3,(H,17,19). The maximum atomic E-state index is 12.8. The van der Waals surface area contributed by atoms with E-state index >= 15 is 0 Å². The predicted octanol–water partition coefficient (Wildman–Crippen LogP) is 3.65. The highest BCUT2D eigenvalue weighted by Gasteiger charge is 2.05. The van der Waals surface area contributed by atoms with Crippen LogP contribution < -0.4 is 5.32 Å². The molecule has 0 aliphatic rings. The van der Waals surface area contributed by atoms with Crippen molar-refractivity contribution < 1.29 is 4.39 Å². The zero-order chi connectivity index (χ0) is 13.7. The molecular weight excluding hydrogens is 259 g/mol. The molecule has 0 aromatic heterocycles. The second kappa shape index (κ2) is 6.29. The molecule has 0 unspecified atom stereocenters. The van der Waals surface area contributed by atoms with Gasteiger partial charge in [0, 0.05) is 19.3 Å². The number of halogens is 1. The SMILES string of the molecule is CN(Cc1ccccc1)C(=S)Nc1ccc(F)cc1. The summed E-state index contributed by atoms with van der Waals surface area (Å²) in [5.74, 6) is -0.255. The minimum atomic E-state index is -0.255. The molecule has 2 aromatic carbocycles. The molecule has 0 saturated heterocycles. The van der Waals surface area contributed by atoms with Gasteiger partial charge in [-0.05, 0) is 42.0 Å². The lowest BCUT2D eigenvalue weighted by molar-refractivity contribution is 0.508. The van der Waals surface area contributed by atoms with Crippen molar-refractivity contribution >= 4 is 23.0 Å². The summed E-state index contributed by atoms with van der Waals surface area (Å²) in [6, 6.07) is 16.2. The van der Waals surface area contributed by atoms with Crippen LogP contribution in [0.3, 0.4) is 0 Å². The normalized spacial score (nSPS) is 10.0. The van der Waals surface area contributed by atoms with Crippen molar-refractivity contribution in [2.45, 2.75) is 6.54 Å². The smallest absolute Gasteiger partial charge is 0.173 e. The summed E-state index contributed by atoms with van der Waals surface area (Å²) in [5.41, 5.74) is 1.97. The molecule has 0 fully saturated rings. The van der Waals surface area contributed by atoms with Crippen LogP contribution in [0.1, 0.15) is 5.56 Å². The molecule has 0 radical (unpaired) electrons. The fourth-order valence-corrected chi connectivity index (χ4v) is 1.86. The highest BCUT2D eigenvalue weighted by atomic mass is 32.1. The number of hydrogen-bond acceptors (Lipinski definition) is 1. The molecule has 1 N–H and O–H groups in total. The molecule has 98 valence electrons. The van der Waals surface area contributed by atoms with Crippen LogP contribution in [0.4, 0.5) is 10.1 Å². The van der Waals surface area contributed by atoms with Gasteiger partial charge in [-0.15, -0.1) is 0 Å². The Morgan fingerprint density at radius 1 is 1.11 bits per heavy atom. The van der Waals surface area contributed by atoms with E-state index in [9.17, 15) is 4.39 Å². The molecule has 0 saturated carbocycles. The van der Waals surface area contributed by atoms with Gasteiger partial charge in [-0.25, -0.2) is 4.39 Å². The lowest BCUT2D eigenvalue weighted by Gasteiger charge is -2.21. The Hall–Kier alpha value is -1.94. The molecule has 0 atom stereocenters. The van der Waals surface area contributed by atoms with Crippen LogP contribution in [0, 0.1) is 5.82 Å². The van der Waals surface area contributed by atoms with Gasteiger partial charge < -0.3 is 10.2 Å². The number of nitrogens with one attached hydrogen (secondary N) is 1. The fraction of sp³-hybridized carbons (Fsp3) is 0.133. The number of benzene rings is 2. The molecule has 0 aliphatic carbocycles. The Morgan fingerprint density at radius 2 is 1.74 bits per heavy atom. The molecule has 2 aromatic rings. The predicted molar refractivity (Wildman–Crippen MR) is 80.5 cm³/mol. The Bertz CT molecular complexity index is 540. The molecule has 0 amide bonds. The monoisotopic (exact) mass is 274 g/mol. The van der Waals surface area contributed by atoms with Gasteiger partial charge in [0.15, 0.2) is 5.11 Å². The van der Waals surface area contributed by atoms with Gasteiger partial charge in [-0.3, -0.25) is 0 Å². The maximum absolute atomic E-state index is 12.8. The van der Waals surface area contributed by atoms with E-state index in [1.54, 1.807) is 12.1 Å². The van der Waals surface area contributed by atoms with E-state index in [4.69, 9.17) is 12.2 Å². The van der Waals surface area contributed by atoms with Crippen molar-refractivity contribution in [3.63, 3.8) is 0 Å². The Kier molecular flexibility index (Phi) is 4.47. The van der Waals surface area contributed by atoms with Crippen LogP contribution in [-0.4, -0.2) is 17.1 Å². The largest absolute Gasteiger partial charge is 0.348 e. The van der Waals surface area contributed by atoms with Crippen LogP contribution in [-0.2, 0) is 6.54 Å². The second-order valence-electron chi connectivity index (χ2n) is 4.28. The minimum Gasteiger partial charge on any atom is -0.348 e. The first-order valence-corrected chi connectivity index (χ1v) is 6.37. The summed E-state index contributed by atoms with van der Waals surface area (Å²) in [7, 11) is 1.92. The van der Waals surface area contributed by atoms with Crippen molar-refractivity contribution in [1.82, 2.24) is 4.90 Å². The quantitative estimate of drug-likeness (QED) is 0.860. The third-order valence-electron chi connectivity index (χ3n) is 2.70. The zero-order valence-electron chi connectivity index (χ0n) is 10.6. The molecule has 19 heavy (non-hydrogen) atoms. The van der Waals surface area contributed by atoms with E-state index in [0.717, 1.165) is 12.2 Å². The molecule has 0 heterocycles. The maximum Gasteiger partial charge on any atom is 0.173 e. The third-order valence-corrected chi connectivity index (χ3v) is 3.12. The molecule has 2 nitrogen and oxygen atoms in total. The molecule has 0 bridgehead atoms. The summed E-state index contributed by atoms with van der Waals surface area (Å²) >= 11 is 5.31. The van der Waals surface area contributed by atoms with E-state index < -0.39 is 0 Å². The van der Waals surface area contributed by atoms with E-state index in [-0.39, 0.29) is 5.82 Å². The van der Waals surface area contributed by atoms with E-state index in [1.807, 2.05) is 30.1 Å². The van der Waals surface area contributed by atoms with Crippen molar-refractivity contribution in [2.75, 3.05) is 12.4 Å². The summed E-state index contributed by atoms with van der Waals surface area (Å²) in [6.45, 7) is 0.730. The summed E-state index contributed by atoms with van der Waals surface area (Å²) < 4.78 is 12.8. The highest BCUT2D eigenvalue weighted by Crippen LogP contribution is 2.10. The minimum absolute atomic E-state index is 0.255. The average Bonchev–Trinajstić information content (AvgIpc) is 2.42. The molecule has 2 rings (SSSR count). The van der Waals surface area contributed by atoms with E-state index in [1.165, 1.54) is 17.7 Å². The second-order valence-corrected chi connectivity index (χ2v) is 4.67. The first kappa shape index (κ1) is 13.5. The summed E-state index contributed by atoms with van der Waals surface area (Å²) in [4.78, 5) is 1.94. The van der Waals surface area contributed by atoms with Crippen LogP contribution in [0.5, 0.6) is 0 Å². The van der Waals surface area contributed by atoms with Gasteiger partial charge in [-0.2, -0.15) is 0 Å². The molecule has 4 heteroatoms. The number of rotatable bonds is 3. The van der Waals surface area contributed by atoms with Gasteiger partial charge >= 0.3 is 0 Å². The molecule has 0 aliphatic heterocycles. The van der Waals surface area contributed by atoms with Crippen LogP contribution >= 0.6 is 12.2 Å². The first-order valence-electron chi connectivity index (χ1n) is 5.97. The number of thiocarbonyl (C=S) groups is 1. The Labute approximate surface area is 117 Å². The summed E-state index contributed by atoms with van der Waals surface area (Å²) in [6.07, 6.45) is 0. The van der Waals surface area contributed by atoms with Gasteiger partial charge in [0.25, 0.3) is 0 Å². The number of nitrogens with zero attached hydrogens (tertiary/aromatic N) is 1. The average molecular weight is 274 g/mol. The van der Waals surface area contributed by atoms with Crippen LogP contribution in [0.25, 0.3) is 0 Å². The number of anilines is 1. The fourth-order valence-electron chi connectivity index (χ4n) is 1.68. The first-order chi connectivity index (χ1) is 9.15. The lowest BCUT2D eigenvalue weighted by Crippen LogP contribution is -2.30. The van der Waals surface area contributed by atoms with Gasteiger partial charge in [0.1, 0.15) is 5.82 Å². The van der Waals surface area contributed by atoms with E-state index in [2.05, 4.69) is 17.4 Å². The van der Waals surface area contributed by atoms with Crippen LogP contribution in [0.15, 0.2) is 54.6 Å². The Morgan fingerprint density at radius 3 is 2.37 bits per heavy atom. The van der Waals surface area contributed by atoms with Gasteiger partial charge in [-0.1, -0.05) is 30.3 Å². The zero-order valence-corrected chi connectivity index (χ0v) is 11.5. The van der Waals surface area contributed by atoms with Crippen LogP contribution in [0.2, 0.25) is 0 Å². The van der Waals surface area contributed by atoms with Gasteiger partial charge in [0.05, 0.1) is 0 Å². The number of hydrogen-bond donors (Lipinski definition) is 1. The van der Waals surface area contributed by atoms with Crippen molar-refractivity contribution in [3.05, 3.63) is 66.0 Å². The van der Waals surface area contributed by atoms with Crippen molar-refractivity contribution in [1.29, 1.82) is 0 Å². The van der Waals surface area contributed by atoms with Gasteiger partial charge in [0.2, 0.25) is 0 Å². The van der Waals surface area contributed by atoms with E-state index in [0.29, 0.717) is 5.11 Å². The summed E-state index contributed by atoms with van der Waals surface area (Å²) in [5, 5.41) is 3.69. The Balaban J connectivity index is 1.94. The topological polar surface area (TPSA) is 15.3 Å². The lowest BCUT2D eigenvalue weighted by atomic mass is 10.2. The third kappa shape index (κ3) is 4.03. The van der Waals surface area contributed by atoms with Crippen molar-refractivity contribution in [3.8, 4) is 0 Å². The molecule has 0 spiro atoms.